The van der Waals surface area contributed by atoms with Crippen molar-refractivity contribution in [2.24, 2.45) is 0 Å². The van der Waals surface area contributed by atoms with Crippen LogP contribution in [0, 0.1) is 0 Å². The fourth-order valence-electron chi connectivity index (χ4n) is 3.23. The topological polar surface area (TPSA) is 76.7 Å². The van der Waals surface area contributed by atoms with Crippen LogP contribution in [0.5, 0.6) is 11.5 Å². The van der Waals surface area contributed by atoms with Crippen LogP contribution in [0.25, 0.3) is 0 Å². The number of carbonyl (C=O) groups excluding carboxylic acids is 2. The van der Waals surface area contributed by atoms with Crippen LogP contribution in [0.2, 0.25) is 0 Å². The second kappa shape index (κ2) is 9.20. The van der Waals surface area contributed by atoms with Crippen LogP contribution in [0.15, 0.2) is 42.5 Å². The van der Waals surface area contributed by atoms with Gasteiger partial charge in [0.2, 0.25) is 5.91 Å². The number of rotatable bonds is 7. The molecule has 160 valence electrons. The summed E-state index contributed by atoms with van der Waals surface area (Å²) in [5.74, 6) is 1.25. The number of benzene rings is 2. The molecule has 0 aliphatic carbocycles. The molecule has 2 aromatic rings. The molecule has 6 nitrogen and oxygen atoms in total. The highest BCUT2D eigenvalue weighted by atomic mass is 16.5. The molecule has 3 rings (SSSR count). The van der Waals surface area contributed by atoms with Crippen molar-refractivity contribution in [3.63, 3.8) is 0 Å². The van der Waals surface area contributed by atoms with Crippen LogP contribution >= 0.6 is 0 Å². The highest BCUT2D eigenvalue weighted by molar-refractivity contribution is 5.94. The largest absolute Gasteiger partial charge is 0.492 e. The lowest BCUT2D eigenvalue weighted by molar-refractivity contribution is -0.127. The molecule has 0 aromatic heterocycles. The number of hydrogen-bond acceptors (Lipinski definition) is 4. The van der Waals surface area contributed by atoms with Crippen LogP contribution < -0.4 is 20.1 Å². The fourth-order valence-corrected chi connectivity index (χ4v) is 3.23. The number of hydrogen-bond donors (Lipinski definition) is 2. The Morgan fingerprint density at radius 3 is 2.50 bits per heavy atom. The summed E-state index contributed by atoms with van der Waals surface area (Å²) >= 11 is 0. The second-order valence-electron chi connectivity index (χ2n) is 8.54. The molecule has 1 aliphatic heterocycles. The van der Waals surface area contributed by atoms with Gasteiger partial charge in [0.25, 0.3) is 5.91 Å². The van der Waals surface area contributed by atoms with Gasteiger partial charge in [-0.2, -0.15) is 0 Å². The molecule has 1 aliphatic rings. The van der Waals surface area contributed by atoms with Crippen molar-refractivity contribution >= 4 is 17.5 Å². The van der Waals surface area contributed by atoms with Gasteiger partial charge in [-0.1, -0.05) is 32.9 Å². The number of aryl methyl sites for hydroxylation is 1. The number of ether oxygens (including phenoxy) is 2. The maximum absolute atomic E-state index is 12.3. The molecule has 0 radical (unpaired) electrons. The average molecular weight is 411 g/mol. The smallest absolute Gasteiger partial charge is 0.260 e. The number of fused-ring (bicyclic) bond motifs is 1. The quantitative estimate of drug-likeness (QED) is 0.680. The first kappa shape index (κ1) is 21.7. The Morgan fingerprint density at radius 2 is 1.80 bits per heavy atom. The van der Waals surface area contributed by atoms with E-state index in [1.165, 1.54) is 5.56 Å². The molecule has 0 spiro atoms. The van der Waals surface area contributed by atoms with Gasteiger partial charge in [0.15, 0.2) is 6.10 Å². The van der Waals surface area contributed by atoms with Crippen molar-refractivity contribution in [3.05, 3.63) is 53.6 Å². The van der Waals surface area contributed by atoms with Crippen molar-refractivity contribution < 1.29 is 19.1 Å². The predicted octanol–water partition coefficient (Wildman–Crippen LogP) is 3.83. The van der Waals surface area contributed by atoms with Gasteiger partial charge in [0.1, 0.15) is 18.1 Å². The molecule has 1 atom stereocenters. The summed E-state index contributed by atoms with van der Waals surface area (Å²) in [5, 5.41) is 5.68. The van der Waals surface area contributed by atoms with E-state index in [1.54, 1.807) is 6.92 Å². The zero-order chi connectivity index (χ0) is 21.7. The Labute approximate surface area is 178 Å². The highest BCUT2D eigenvalue weighted by Crippen LogP contribution is 2.27. The van der Waals surface area contributed by atoms with E-state index in [1.807, 2.05) is 42.5 Å². The van der Waals surface area contributed by atoms with E-state index in [2.05, 4.69) is 31.4 Å². The van der Waals surface area contributed by atoms with E-state index in [4.69, 9.17) is 9.47 Å². The van der Waals surface area contributed by atoms with E-state index in [9.17, 15) is 9.59 Å². The highest BCUT2D eigenvalue weighted by Gasteiger charge is 2.17. The molecule has 2 amide bonds. The molecule has 0 fully saturated rings. The van der Waals surface area contributed by atoms with E-state index in [0.29, 0.717) is 31.7 Å². The van der Waals surface area contributed by atoms with E-state index in [-0.39, 0.29) is 17.2 Å². The molecule has 30 heavy (non-hydrogen) atoms. The Hall–Kier alpha value is -3.02. The number of nitrogens with one attached hydrogen (secondary N) is 2. The first-order chi connectivity index (χ1) is 14.2. The second-order valence-corrected chi connectivity index (χ2v) is 8.54. The van der Waals surface area contributed by atoms with Gasteiger partial charge in [-0.05, 0) is 60.2 Å². The Kier molecular flexibility index (Phi) is 6.65. The van der Waals surface area contributed by atoms with Gasteiger partial charge < -0.3 is 20.1 Å². The third-order valence-corrected chi connectivity index (χ3v) is 5.04. The third-order valence-electron chi connectivity index (χ3n) is 5.04. The summed E-state index contributed by atoms with van der Waals surface area (Å²) in [6.07, 6.45) is 0.599. The lowest BCUT2D eigenvalue weighted by Gasteiger charge is -2.20. The first-order valence-corrected chi connectivity index (χ1v) is 10.3. The maximum Gasteiger partial charge on any atom is 0.260 e. The Bertz CT molecular complexity index is 900. The maximum atomic E-state index is 12.3. The van der Waals surface area contributed by atoms with Gasteiger partial charge in [0.05, 0.1) is 6.54 Å². The standard InChI is InChI=1S/C24H30N2O4/c1-16(30-19-8-6-18(7-9-19)24(2,3)4)23(28)25-13-14-29-20-10-11-21-17(15-20)5-12-22(27)26-21/h6-11,15-16H,5,12-14H2,1-4H3,(H,25,28)(H,26,27). The minimum atomic E-state index is -0.599. The van der Waals surface area contributed by atoms with Crippen LogP contribution in [-0.2, 0) is 21.4 Å². The Morgan fingerprint density at radius 1 is 1.10 bits per heavy atom. The minimum Gasteiger partial charge on any atom is -0.492 e. The summed E-state index contributed by atoms with van der Waals surface area (Å²) in [4.78, 5) is 23.7. The molecule has 0 saturated carbocycles. The third kappa shape index (κ3) is 5.75. The first-order valence-electron chi connectivity index (χ1n) is 10.3. The molecule has 2 aromatic carbocycles. The average Bonchev–Trinajstić information content (AvgIpc) is 2.70. The van der Waals surface area contributed by atoms with Crippen molar-refractivity contribution in [2.45, 2.75) is 52.1 Å². The van der Waals surface area contributed by atoms with Crippen molar-refractivity contribution in [1.82, 2.24) is 5.32 Å². The molecule has 0 saturated heterocycles. The molecule has 0 bridgehead atoms. The van der Waals surface area contributed by atoms with Crippen molar-refractivity contribution in [1.29, 1.82) is 0 Å². The summed E-state index contributed by atoms with van der Waals surface area (Å²) < 4.78 is 11.5. The lowest BCUT2D eigenvalue weighted by Crippen LogP contribution is -2.38. The van der Waals surface area contributed by atoms with Crippen molar-refractivity contribution in [3.8, 4) is 11.5 Å². The van der Waals surface area contributed by atoms with Crippen LogP contribution in [0.3, 0.4) is 0 Å². The van der Waals surface area contributed by atoms with E-state index >= 15 is 0 Å². The number of carbonyl (C=O) groups is 2. The molecule has 1 heterocycles. The molecular weight excluding hydrogens is 380 g/mol. The van der Waals surface area contributed by atoms with Gasteiger partial charge >= 0.3 is 0 Å². The molecule has 1 unspecified atom stereocenters. The van der Waals surface area contributed by atoms with Gasteiger partial charge in [0, 0.05) is 12.1 Å². The van der Waals surface area contributed by atoms with Crippen LogP contribution in [-0.4, -0.2) is 31.1 Å². The van der Waals surface area contributed by atoms with Gasteiger partial charge in [-0.3, -0.25) is 9.59 Å². The number of amides is 2. The monoisotopic (exact) mass is 410 g/mol. The fraction of sp³-hybridized carbons (Fsp3) is 0.417. The normalized spacial score (nSPS) is 14.3. The zero-order valence-electron chi connectivity index (χ0n) is 18.1. The van der Waals surface area contributed by atoms with E-state index < -0.39 is 6.10 Å². The summed E-state index contributed by atoms with van der Waals surface area (Å²) in [7, 11) is 0. The molecule has 2 N–H and O–H groups in total. The van der Waals surface area contributed by atoms with Gasteiger partial charge in [-0.25, -0.2) is 0 Å². The Balaban J connectivity index is 1.41. The lowest BCUT2D eigenvalue weighted by atomic mass is 9.87. The molecule has 6 heteroatoms. The van der Waals surface area contributed by atoms with Crippen LogP contribution in [0.1, 0.15) is 45.2 Å². The molecular formula is C24H30N2O4. The predicted molar refractivity (Wildman–Crippen MR) is 117 cm³/mol. The minimum absolute atomic E-state index is 0.0420. The zero-order valence-corrected chi connectivity index (χ0v) is 18.1. The summed E-state index contributed by atoms with van der Waals surface area (Å²) in [5.41, 5.74) is 3.20. The summed E-state index contributed by atoms with van der Waals surface area (Å²) in [6, 6.07) is 13.4. The van der Waals surface area contributed by atoms with E-state index in [0.717, 1.165) is 17.0 Å². The summed E-state index contributed by atoms with van der Waals surface area (Å²) in [6.45, 7) is 8.92. The van der Waals surface area contributed by atoms with Gasteiger partial charge in [-0.15, -0.1) is 0 Å². The van der Waals surface area contributed by atoms with Crippen molar-refractivity contribution in [2.75, 3.05) is 18.5 Å². The number of anilines is 1. The SMILES string of the molecule is CC(Oc1ccc(C(C)(C)C)cc1)C(=O)NCCOc1ccc2c(c1)CCC(=O)N2. The van der Waals surface area contributed by atoms with Crippen LogP contribution in [0.4, 0.5) is 5.69 Å².